The van der Waals surface area contributed by atoms with Gasteiger partial charge in [-0.15, -0.1) is 0 Å². The van der Waals surface area contributed by atoms with Gasteiger partial charge in [-0.1, -0.05) is 70.5 Å². The molecule has 0 aromatic heterocycles. The fourth-order valence-electron chi connectivity index (χ4n) is 5.23. The van der Waals surface area contributed by atoms with Crippen molar-refractivity contribution in [2.75, 3.05) is 42.3 Å². The molecule has 8 nitrogen and oxygen atoms in total. The van der Waals surface area contributed by atoms with Crippen molar-refractivity contribution in [1.82, 2.24) is 0 Å². The van der Waals surface area contributed by atoms with Crippen LogP contribution in [-0.4, -0.2) is 44.9 Å². The lowest BCUT2D eigenvalue weighted by atomic mass is 9.92. The van der Waals surface area contributed by atoms with E-state index in [0.717, 1.165) is 59.0 Å². The van der Waals surface area contributed by atoms with Crippen LogP contribution in [0.3, 0.4) is 0 Å². The summed E-state index contributed by atoms with van der Waals surface area (Å²) in [6, 6.07) is 21.3. The molecule has 0 aliphatic rings. The van der Waals surface area contributed by atoms with Crippen LogP contribution in [0.2, 0.25) is 0 Å². The molecular weight excluding hydrogens is 578 g/mol. The molecule has 0 saturated carbocycles. The van der Waals surface area contributed by atoms with E-state index in [-0.39, 0.29) is 37.0 Å². The van der Waals surface area contributed by atoms with E-state index in [4.69, 9.17) is 14.2 Å². The van der Waals surface area contributed by atoms with E-state index in [0.29, 0.717) is 18.4 Å². The van der Waals surface area contributed by atoms with Gasteiger partial charge < -0.3 is 29.7 Å². The van der Waals surface area contributed by atoms with Crippen molar-refractivity contribution in [3.8, 4) is 5.75 Å². The third-order valence-corrected chi connectivity index (χ3v) is 7.64. The molecule has 3 aromatic carbocycles. The van der Waals surface area contributed by atoms with Crippen molar-refractivity contribution in [2.45, 2.75) is 79.9 Å². The molecule has 2 N–H and O–H groups in total. The minimum absolute atomic E-state index is 0.0681. The van der Waals surface area contributed by atoms with Gasteiger partial charge in [0.15, 0.2) is 0 Å². The Morgan fingerprint density at radius 2 is 1.50 bits per heavy atom. The maximum absolute atomic E-state index is 13.2. The van der Waals surface area contributed by atoms with Gasteiger partial charge in [-0.05, 0) is 85.5 Å². The summed E-state index contributed by atoms with van der Waals surface area (Å²) < 4.78 is 16.7. The second-order valence-corrected chi connectivity index (χ2v) is 12.9. The maximum Gasteiger partial charge on any atom is 0.323 e. The Labute approximate surface area is 275 Å². The number of nitrogens with one attached hydrogen (secondary N) is 2. The molecule has 250 valence electrons. The van der Waals surface area contributed by atoms with Crippen LogP contribution in [0.1, 0.15) is 77.0 Å². The Hall–Kier alpha value is -4.04. The van der Waals surface area contributed by atoms with Gasteiger partial charge in [0.05, 0.1) is 37.6 Å². The monoisotopic (exact) mass is 631 g/mol. The van der Waals surface area contributed by atoms with Crippen molar-refractivity contribution in [3.05, 3.63) is 83.4 Å². The smallest absolute Gasteiger partial charge is 0.323 e. The average molecular weight is 632 g/mol. The van der Waals surface area contributed by atoms with Crippen LogP contribution >= 0.6 is 0 Å². The molecule has 46 heavy (non-hydrogen) atoms. The Bertz CT molecular complexity index is 1360. The van der Waals surface area contributed by atoms with Gasteiger partial charge in [-0.2, -0.15) is 0 Å². The highest BCUT2D eigenvalue weighted by Gasteiger charge is 2.21. The minimum Gasteiger partial charge on any atom is -0.497 e. The second-order valence-electron chi connectivity index (χ2n) is 12.9. The molecule has 0 spiro atoms. The predicted molar refractivity (Wildman–Crippen MR) is 188 cm³/mol. The number of hydrogen-bond acceptors (Lipinski definition) is 6. The Morgan fingerprint density at radius 1 is 0.848 bits per heavy atom. The first-order valence-corrected chi connectivity index (χ1v) is 16.4. The van der Waals surface area contributed by atoms with Crippen molar-refractivity contribution in [3.63, 3.8) is 0 Å². The van der Waals surface area contributed by atoms with Gasteiger partial charge in [0.1, 0.15) is 12.4 Å². The van der Waals surface area contributed by atoms with Crippen LogP contribution in [-0.2, 0) is 20.9 Å². The summed E-state index contributed by atoms with van der Waals surface area (Å²) in [5.41, 5.74) is 5.52. The van der Waals surface area contributed by atoms with Gasteiger partial charge in [-0.3, -0.25) is 4.79 Å². The summed E-state index contributed by atoms with van der Waals surface area (Å²) >= 11 is 0. The van der Waals surface area contributed by atoms with Crippen LogP contribution in [0.4, 0.5) is 21.9 Å². The summed E-state index contributed by atoms with van der Waals surface area (Å²) in [7, 11) is 1.64. The molecule has 3 aromatic rings. The Kier molecular flexibility index (Phi) is 14.4. The number of esters is 1. The van der Waals surface area contributed by atoms with Crippen LogP contribution in [0.25, 0.3) is 0 Å². The standard InChI is InChI=1S/C38H53N3O5/c1-9-31(21-37(42)46-24-29(7)45-25-30-12-17-34(44-8)18-13-30)32-14-19-36(41(22-26(2)3)23-27(4)5)35(20-32)40-38(43)39-33-15-10-28(6)11-16-33/h10-20,26-27,29,31H,9,21-25H2,1-8H3,(H2,39,40,43)/t29-,31-/m0/s1. The molecular formula is C38H53N3O5. The predicted octanol–water partition coefficient (Wildman–Crippen LogP) is 8.80. The third kappa shape index (κ3) is 12.0. The number of amides is 2. The van der Waals surface area contributed by atoms with Crippen molar-refractivity contribution in [2.24, 2.45) is 11.8 Å². The van der Waals surface area contributed by atoms with Crippen LogP contribution in [0, 0.1) is 18.8 Å². The van der Waals surface area contributed by atoms with E-state index in [1.165, 1.54) is 0 Å². The number of rotatable bonds is 17. The minimum atomic E-state index is -0.313. The van der Waals surface area contributed by atoms with Gasteiger partial charge in [0, 0.05) is 18.8 Å². The summed E-state index contributed by atoms with van der Waals surface area (Å²) in [6.45, 7) is 17.1. The van der Waals surface area contributed by atoms with Gasteiger partial charge in [0.25, 0.3) is 0 Å². The number of hydrogen-bond donors (Lipinski definition) is 2. The van der Waals surface area contributed by atoms with E-state index in [9.17, 15) is 9.59 Å². The van der Waals surface area contributed by atoms with E-state index < -0.39 is 0 Å². The molecule has 0 unspecified atom stereocenters. The zero-order chi connectivity index (χ0) is 33.6. The molecule has 0 fully saturated rings. The number of ether oxygens (including phenoxy) is 3. The first-order valence-electron chi connectivity index (χ1n) is 16.4. The molecule has 0 radical (unpaired) electrons. The summed E-state index contributed by atoms with van der Waals surface area (Å²) in [4.78, 5) is 28.5. The number of anilines is 3. The SMILES string of the molecule is CC[C@@H](CC(=O)OC[C@H](C)OCc1ccc(OC)cc1)c1ccc(N(CC(C)C)CC(C)C)c(NC(=O)Nc2ccc(C)cc2)c1. The van der Waals surface area contributed by atoms with Gasteiger partial charge in [-0.25, -0.2) is 4.79 Å². The summed E-state index contributed by atoms with van der Waals surface area (Å²) in [5, 5.41) is 6.07. The van der Waals surface area contributed by atoms with Crippen molar-refractivity contribution < 1.29 is 23.8 Å². The number of nitrogens with zero attached hydrogens (tertiary/aromatic N) is 1. The fourth-order valence-corrected chi connectivity index (χ4v) is 5.23. The summed E-state index contributed by atoms with van der Waals surface area (Å²) in [6.07, 6.45) is 0.730. The van der Waals surface area contributed by atoms with Crippen molar-refractivity contribution in [1.29, 1.82) is 0 Å². The second kappa shape index (κ2) is 18.2. The molecule has 8 heteroatoms. The molecule has 0 bridgehead atoms. The first kappa shape index (κ1) is 36.4. The fraction of sp³-hybridized carbons (Fsp3) is 0.474. The lowest BCUT2D eigenvalue weighted by molar-refractivity contribution is -0.148. The highest BCUT2D eigenvalue weighted by Crippen LogP contribution is 2.34. The highest BCUT2D eigenvalue weighted by atomic mass is 16.6. The molecule has 0 saturated heterocycles. The average Bonchev–Trinajstić information content (AvgIpc) is 3.02. The van der Waals surface area contributed by atoms with E-state index >= 15 is 0 Å². The number of benzene rings is 3. The van der Waals surface area contributed by atoms with E-state index in [2.05, 4.69) is 62.3 Å². The molecule has 0 aliphatic carbocycles. The quantitative estimate of drug-likeness (QED) is 0.145. The number of carbonyl (C=O) groups excluding carboxylic acids is 2. The number of carbonyl (C=O) groups is 2. The molecule has 0 aliphatic heterocycles. The van der Waals surface area contributed by atoms with Crippen molar-refractivity contribution >= 4 is 29.1 Å². The zero-order valence-electron chi connectivity index (χ0n) is 28.9. The van der Waals surface area contributed by atoms with Crippen LogP contribution in [0.5, 0.6) is 5.75 Å². The van der Waals surface area contributed by atoms with E-state index in [1.54, 1.807) is 7.11 Å². The number of aryl methyl sites for hydroxylation is 1. The first-order chi connectivity index (χ1) is 22.0. The number of methoxy groups -OCH3 is 1. The molecule has 0 heterocycles. The van der Waals surface area contributed by atoms with Gasteiger partial charge >= 0.3 is 12.0 Å². The summed E-state index contributed by atoms with van der Waals surface area (Å²) in [5.74, 6) is 1.33. The normalized spacial score (nSPS) is 12.5. The largest absolute Gasteiger partial charge is 0.497 e. The third-order valence-electron chi connectivity index (χ3n) is 7.64. The maximum atomic E-state index is 13.2. The number of urea groups is 1. The lowest BCUT2D eigenvalue weighted by Gasteiger charge is -2.31. The van der Waals surface area contributed by atoms with Crippen LogP contribution in [0.15, 0.2) is 66.7 Å². The molecule has 2 atom stereocenters. The Morgan fingerprint density at radius 3 is 2.09 bits per heavy atom. The van der Waals surface area contributed by atoms with Gasteiger partial charge in [0.2, 0.25) is 0 Å². The Balaban J connectivity index is 1.71. The molecule has 2 amide bonds. The topological polar surface area (TPSA) is 89.1 Å². The van der Waals surface area contributed by atoms with Crippen LogP contribution < -0.4 is 20.3 Å². The zero-order valence-corrected chi connectivity index (χ0v) is 28.9. The lowest BCUT2D eigenvalue weighted by Crippen LogP contribution is -2.32. The van der Waals surface area contributed by atoms with E-state index in [1.807, 2.05) is 68.4 Å². The highest BCUT2D eigenvalue weighted by molar-refractivity contribution is 6.02. The molecule has 3 rings (SSSR count).